The molecule has 1 aliphatic rings. The van der Waals surface area contributed by atoms with Gasteiger partial charge in [-0.2, -0.15) is 0 Å². The van der Waals surface area contributed by atoms with Gasteiger partial charge >= 0.3 is 0 Å². The highest BCUT2D eigenvalue weighted by Gasteiger charge is 2.24. The van der Waals surface area contributed by atoms with Crippen LogP contribution in [0.25, 0.3) is 10.8 Å². The van der Waals surface area contributed by atoms with Crippen LogP contribution in [0.2, 0.25) is 0 Å². The summed E-state index contributed by atoms with van der Waals surface area (Å²) in [6.07, 6.45) is 4.43. The number of sulfonamides is 1. The Hall–Kier alpha value is -2.28. The minimum absolute atomic E-state index is 0.411. The van der Waals surface area contributed by atoms with Crippen molar-refractivity contribution in [2.24, 2.45) is 0 Å². The minimum Gasteiger partial charge on any atom is -0.294 e. The number of benzene rings is 2. The van der Waals surface area contributed by atoms with Gasteiger partial charge in [0.15, 0.2) is 0 Å². The molecule has 134 valence electrons. The molecule has 0 saturated heterocycles. The van der Waals surface area contributed by atoms with Crippen LogP contribution in [0.3, 0.4) is 0 Å². The maximum Gasteiger partial charge on any atom is 0.240 e. The Morgan fingerprint density at radius 1 is 1.15 bits per heavy atom. The smallest absolute Gasteiger partial charge is 0.240 e. The number of hydrogen-bond acceptors (Lipinski definition) is 4. The van der Waals surface area contributed by atoms with E-state index in [1.807, 2.05) is 24.4 Å². The monoisotopic (exact) mass is 367 g/mol. The zero-order chi connectivity index (χ0) is 18.1. The van der Waals surface area contributed by atoms with E-state index >= 15 is 0 Å². The average molecular weight is 367 g/mol. The average Bonchev–Trinajstić information content (AvgIpc) is 2.67. The molecule has 3 aromatic rings. The number of pyridine rings is 1. The summed E-state index contributed by atoms with van der Waals surface area (Å²) in [6.45, 7) is 2.44. The molecule has 26 heavy (non-hydrogen) atoms. The van der Waals surface area contributed by atoms with Crippen molar-refractivity contribution in [1.29, 1.82) is 0 Å². The Kier molecular flexibility index (Phi) is 4.48. The van der Waals surface area contributed by atoms with Crippen LogP contribution in [-0.2, 0) is 29.5 Å². The minimum atomic E-state index is -3.42. The lowest BCUT2D eigenvalue weighted by Gasteiger charge is -2.30. The van der Waals surface area contributed by atoms with E-state index in [9.17, 15) is 8.42 Å². The maximum absolute atomic E-state index is 12.2. The number of nitrogens with one attached hydrogen (secondary N) is 1. The second kappa shape index (κ2) is 6.79. The summed E-state index contributed by atoms with van der Waals surface area (Å²) in [4.78, 5) is 6.96. The van der Waals surface area contributed by atoms with Crippen molar-refractivity contribution >= 4 is 20.8 Å². The molecule has 4 rings (SSSR count). The largest absolute Gasteiger partial charge is 0.294 e. The van der Waals surface area contributed by atoms with E-state index in [0.717, 1.165) is 42.6 Å². The third-order valence-electron chi connectivity index (χ3n) is 4.97. The molecule has 1 aromatic heterocycles. The summed E-state index contributed by atoms with van der Waals surface area (Å²) in [7, 11) is -1.96. The Morgan fingerprint density at radius 3 is 2.88 bits per heavy atom. The van der Waals surface area contributed by atoms with E-state index in [1.165, 1.54) is 18.0 Å². The summed E-state index contributed by atoms with van der Waals surface area (Å²) in [5.41, 5.74) is 3.28. The molecule has 0 radical (unpaired) electrons. The Morgan fingerprint density at radius 2 is 2.04 bits per heavy atom. The summed E-state index contributed by atoms with van der Waals surface area (Å²) in [5.74, 6) is 0. The lowest BCUT2D eigenvalue weighted by molar-refractivity contribution is 0.244. The van der Waals surface area contributed by atoms with Gasteiger partial charge < -0.3 is 0 Å². The van der Waals surface area contributed by atoms with Gasteiger partial charge in [0.25, 0.3) is 0 Å². The van der Waals surface area contributed by atoms with Gasteiger partial charge in [0.05, 0.1) is 4.90 Å². The first-order valence-corrected chi connectivity index (χ1v) is 10.1. The fraction of sp³-hybridized carbons (Fsp3) is 0.250. The first-order chi connectivity index (χ1) is 12.6. The Bertz CT molecular complexity index is 1060. The molecular formula is C20H21N3O2S. The van der Waals surface area contributed by atoms with Gasteiger partial charge in [0.1, 0.15) is 0 Å². The van der Waals surface area contributed by atoms with Gasteiger partial charge in [-0.3, -0.25) is 9.88 Å². The molecule has 0 aliphatic carbocycles. The molecule has 1 N–H and O–H groups in total. The summed E-state index contributed by atoms with van der Waals surface area (Å²) in [6, 6.07) is 14.0. The van der Waals surface area contributed by atoms with Crippen molar-refractivity contribution in [1.82, 2.24) is 14.6 Å². The van der Waals surface area contributed by atoms with Crippen LogP contribution in [-0.4, -0.2) is 31.9 Å². The van der Waals surface area contributed by atoms with Gasteiger partial charge in [0, 0.05) is 37.4 Å². The number of aromatic nitrogens is 1. The van der Waals surface area contributed by atoms with Gasteiger partial charge in [-0.15, -0.1) is 0 Å². The number of hydrogen-bond donors (Lipinski definition) is 1. The molecule has 0 amide bonds. The topological polar surface area (TPSA) is 62.3 Å². The molecule has 0 unspecified atom stereocenters. The van der Waals surface area contributed by atoms with E-state index in [2.05, 4.69) is 32.8 Å². The number of rotatable bonds is 4. The van der Waals surface area contributed by atoms with Crippen molar-refractivity contribution in [2.45, 2.75) is 24.4 Å². The molecule has 5 nitrogen and oxygen atoms in total. The third-order valence-corrected chi connectivity index (χ3v) is 6.47. The van der Waals surface area contributed by atoms with E-state index in [-0.39, 0.29) is 0 Å². The van der Waals surface area contributed by atoms with Crippen molar-refractivity contribution < 1.29 is 8.42 Å². The molecule has 0 fully saturated rings. The van der Waals surface area contributed by atoms with Crippen LogP contribution >= 0.6 is 0 Å². The van der Waals surface area contributed by atoms with Crippen molar-refractivity contribution in [3.63, 3.8) is 0 Å². The van der Waals surface area contributed by atoms with Gasteiger partial charge in [-0.25, -0.2) is 13.1 Å². The molecule has 0 bridgehead atoms. The van der Waals surface area contributed by atoms with E-state index in [1.54, 1.807) is 12.3 Å². The maximum atomic E-state index is 12.2. The zero-order valence-electron chi connectivity index (χ0n) is 14.6. The molecule has 0 saturated carbocycles. The predicted molar refractivity (Wildman–Crippen MR) is 102 cm³/mol. The zero-order valence-corrected chi connectivity index (χ0v) is 15.5. The second-order valence-electron chi connectivity index (χ2n) is 6.62. The van der Waals surface area contributed by atoms with Crippen LogP contribution in [0.1, 0.15) is 16.7 Å². The van der Waals surface area contributed by atoms with E-state index < -0.39 is 10.0 Å². The second-order valence-corrected chi connectivity index (χ2v) is 8.47. The van der Waals surface area contributed by atoms with Crippen LogP contribution < -0.4 is 4.72 Å². The summed E-state index contributed by atoms with van der Waals surface area (Å²) in [5, 5.41) is 2.33. The van der Waals surface area contributed by atoms with Crippen molar-refractivity contribution in [3.05, 3.63) is 71.5 Å². The highest BCUT2D eigenvalue weighted by Crippen LogP contribution is 2.27. The molecule has 1 aliphatic heterocycles. The molecule has 2 heterocycles. The third kappa shape index (κ3) is 3.23. The molecule has 2 aromatic carbocycles. The molecule has 0 spiro atoms. The van der Waals surface area contributed by atoms with E-state index in [0.29, 0.717) is 4.90 Å². The molecule has 0 atom stereocenters. The van der Waals surface area contributed by atoms with Crippen molar-refractivity contribution in [2.75, 3.05) is 13.6 Å². The fourth-order valence-electron chi connectivity index (χ4n) is 3.62. The summed E-state index contributed by atoms with van der Waals surface area (Å²) < 4.78 is 26.9. The first kappa shape index (κ1) is 17.1. The van der Waals surface area contributed by atoms with Crippen molar-refractivity contribution in [3.8, 4) is 0 Å². The standard InChI is InChI=1S/C20H21N3O2S/c1-21-26(24,25)20-4-2-3-17-14-23(10-8-19(17)20)13-15-5-6-16-7-9-22-12-18(16)11-15/h2-7,9,11-12,21H,8,10,13-14H2,1H3. The lowest BCUT2D eigenvalue weighted by Crippen LogP contribution is -2.32. The molecular weight excluding hydrogens is 346 g/mol. The van der Waals surface area contributed by atoms with Crippen LogP contribution in [0, 0.1) is 0 Å². The highest BCUT2D eigenvalue weighted by molar-refractivity contribution is 7.89. The van der Waals surface area contributed by atoms with Crippen LogP contribution in [0.15, 0.2) is 59.8 Å². The summed E-state index contributed by atoms with van der Waals surface area (Å²) >= 11 is 0. The Balaban J connectivity index is 1.58. The fourth-order valence-corrected chi connectivity index (χ4v) is 4.66. The number of nitrogens with zero attached hydrogens (tertiary/aromatic N) is 2. The SMILES string of the molecule is CNS(=O)(=O)c1cccc2c1CCN(Cc1ccc3ccncc3c1)C2. The number of fused-ring (bicyclic) bond motifs is 2. The first-order valence-electron chi connectivity index (χ1n) is 8.66. The quantitative estimate of drug-likeness (QED) is 0.770. The van der Waals surface area contributed by atoms with Gasteiger partial charge in [-0.1, -0.05) is 24.3 Å². The van der Waals surface area contributed by atoms with Gasteiger partial charge in [0.2, 0.25) is 10.0 Å². The molecule has 6 heteroatoms. The Labute approximate surface area is 153 Å². The highest BCUT2D eigenvalue weighted by atomic mass is 32.2. The normalized spacial score (nSPS) is 15.1. The predicted octanol–water partition coefficient (Wildman–Crippen LogP) is 2.70. The van der Waals surface area contributed by atoms with E-state index in [4.69, 9.17) is 0 Å². The van der Waals surface area contributed by atoms with Crippen LogP contribution in [0.4, 0.5) is 0 Å². The van der Waals surface area contributed by atoms with Gasteiger partial charge in [-0.05, 0) is 53.7 Å². The van der Waals surface area contributed by atoms with Crippen LogP contribution in [0.5, 0.6) is 0 Å². The lowest BCUT2D eigenvalue weighted by atomic mass is 9.99.